The zero-order valence-corrected chi connectivity index (χ0v) is 5.99. The van der Waals surface area contributed by atoms with Gasteiger partial charge in [-0.1, -0.05) is 19.6 Å². The monoisotopic (exact) mass is 114 g/mol. The Morgan fingerprint density at radius 2 is 1.86 bits per heavy atom. The van der Waals surface area contributed by atoms with E-state index in [1.54, 1.807) is 11.6 Å². The lowest BCUT2D eigenvalue weighted by Crippen LogP contribution is -2.15. The van der Waals surface area contributed by atoms with Gasteiger partial charge in [-0.25, -0.2) is 4.79 Å². The van der Waals surface area contributed by atoms with Crippen LogP contribution in [-0.2, 0) is 4.79 Å². The summed E-state index contributed by atoms with van der Waals surface area (Å²) in [6.07, 6.45) is 0. The molecule has 1 nitrogen and oxygen atoms in total. The first-order valence-corrected chi connectivity index (χ1v) is 5.86. The van der Waals surface area contributed by atoms with Crippen molar-refractivity contribution < 1.29 is 4.79 Å². The topological polar surface area (TPSA) is 17.1 Å². The Kier molecular flexibility index (Phi) is 2.00. The lowest BCUT2D eigenvalue weighted by atomic mass is 11.2. The van der Waals surface area contributed by atoms with Crippen LogP contribution in [0, 0.1) is 0 Å². The van der Waals surface area contributed by atoms with Gasteiger partial charge in [0.25, 0.3) is 0 Å². The van der Waals surface area contributed by atoms with Gasteiger partial charge in [-0.2, -0.15) is 0 Å². The van der Waals surface area contributed by atoms with E-state index in [1.165, 1.54) is 0 Å². The number of carbonyl (C=O) groups excluding carboxylic acids is 1. The number of hydrogen-bond donors (Lipinski definition) is 0. The summed E-state index contributed by atoms with van der Waals surface area (Å²) in [6, 6.07) is 0. The van der Waals surface area contributed by atoms with Gasteiger partial charge in [-0.15, -0.1) is 0 Å². The van der Waals surface area contributed by atoms with Gasteiger partial charge in [0.15, 0.2) is 0 Å². The Morgan fingerprint density at radius 1 is 1.43 bits per heavy atom. The maximum Gasteiger partial charge on any atom is 0.115 e. The molecular weight excluding hydrogens is 104 g/mol. The molecule has 0 unspecified atom stereocenters. The Balaban J connectivity index is 3.80. The second kappa shape index (κ2) is 2.10. The molecule has 0 atom stereocenters. The minimum Gasteiger partial charge on any atom is -0.234 e. The SMILES string of the molecule is C[Si](C)(C)C=C=O. The summed E-state index contributed by atoms with van der Waals surface area (Å²) in [6.45, 7) is 6.29. The van der Waals surface area contributed by atoms with Crippen molar-refractivity contribution in [3.8, 4) is 0 Å². The van der Waals surface area contributed by atoms with E-state index in [-0.39, 0.29) is 0 Å². The standard InChI is InChI=1S/C5H10OSi/c1-7(2,3)5-4-6/h5H,1-3H3. The maximum atomic E-state index is 9.67. The van der Waals surface area contributed by atoms with Crippen molar-refractivity contribution in [3.63, 3.8) is 0 Å². The Morgan fingerprint density at radius 3 is 1.86 bits per heavy atom. The van der Waals surface area contributed by atoms with Crippen LogP contribution in [0.1, 0.15) is 0 Å². The van der Waals surface area contributed by atoms with Crippen molar-refractivity contribution >= 4 is 14.0 Å². The van der Waals surface area contributed by atoms with Crippen LogP contribution in [-0.4, -0.2) is 14.0 Å². The quantitative estimate of drug-likeness (QED) is 0.370. The molecule has 0 amide bonds. The van der Waals surface area contributed by atoms with Crippen molar-refractivity contribution in [2.75, 3.05) is 0 Å². The van der Waals surface area contributed by atoms with Crippen LogP contribution in [0.3, 0.4) is 0 Å². The van der Waals surface area contributed by atoms with Gasteiger partial charge < -0.3 is 0 Å². The summed E-state index contributed by atoms with van der Waals surface area (Å²) in [5, 5.41) is 0. The Bertz CT molecular complexity index is 95.1. The highest BCUT2D eigenvalue weighted by Gasteiger charge is 2.06. The fraction of sp³-hybridized carbons (Fsp3) is 0.600. The fourth-order valence-corrected chi connectivity index (χ4v) is 0.530. The van der Waals surface area contributed by atoms with E-state index >= 15 is 0 Å². The lowest BCUT2D eigenvalue weighted by Gasteiger charge is -2.02. The summed E-state index contributed by atoms with van der Waals surface area (Å²) in [5.74, 6) is 1.79. The average Bonchev–Trinajstić information content (AvgIpc) is 1.30. The third-order valence-corrected chi connectivity index (χ3v) is 1.48. The molecule has 0 spiro atoms. The largest absolute Gasteiger partial charge is 0.234 e. The molecule has 0 N–H and O–H groups in total. The third kappa shape index (κ3) is 5.67. The first kappa shape index (κ1) is 6.67. The molecule has 7 heavy (non-hydrogen) atoms. The van der Waals surface area contributed by atoms with Crippen LogP contribution in [0.5, 0.6) is 0 Å². The highest BCUT2D eigenvalue weighted by atomic mass is 28.3. The van der Waals surface area contributed by atoms with E-state index in [1.807, 2.05) is 0 Å². The molecule has 0 heterocycles. The molecule has 0 bridgehead atoms. The molecule has 0 radical (unpaired) electrons. The molecule has 0 aromatic heterocycles. The Labute approximate surface area is 45.1 Å². The van der Waals surface area contributed by atoms with Gasteiger partial charge in [-0.05, 0) is 5.70 Å². The Hall–Kier alpha value is -0.333. The molecule has 40 valence electrons. The van der Waals surface area contributed by atoms with Gasteiger partial charge in [0, 0.05) is 0 Å². The zero-order chi connectivity index (χ0) is 5.91. The van der Waals surface area contributed by atoms with E-state index in [0.717, 1.165) is 0 Å². The summed E-state index contributed by atoms with van der Waals surface area (Å²) in [5.41, 5.74) is 1.65. The van der Waals surface area contributed by atoms with Crippen LogP contribution in [0.25, 0.3) is 0 Å². The van der Waals surface area contributed by atoms with Crippen LogP contribution >= 0.6 is 0 Å². The minimum atomic E-state index is -1.21. The predicted molar refractivity (Wildman–Crippen MR) is 33.6 cm³/mol. The van der Waals surface area contributed by atoms with Crippen LogP contribution < -0.4 is 0 Å². The fourth-order valence-electron chi connectivity index (χ4n) is 0.177. The van der Waals surface area contributed by atoms with Crippen molar-refractivity contribution in [2.24, 2.45) is 0 Å². The van der Waals surface area contributed by atoms with Gasteiger partial charge in [0.2, 0.25) is 0 Å². The number of hydrogen-bond acceptors (Lipinski definition) is 1. The van der Waals surface area contributed by atoms with E-state index < -0.39 is 8.07 Å². The van der Waals surface area contributed by atoms with E-state index in [0.29, 0.717) is 0 Å². The highest BCUT2D eigenvalue weighted by molar-refractivity contribution is 6.82. The lowest BCUT2D eigenvalue weighted by molar-refractivity contribution is 0.569. The molecule has 0 aliphatic rings. The second-order valence-electron chi connectivity index (χ2n) is 2.63. The maximum absolute atomic E-state index is 9.67. The van der Waals surface area contributed by atoms with Crippen molar-refractivity contribution in [2.45, 2.75) is 19.6 Å². The van der Waals surface area contributed by atoms with E-state index in [4.69, 9.17) is 0 Å². The summed E-state index contributed by atoms with van der Waals surface area (Å²) in [7, 11) is -1.21. The molecule has 0 fully saturated rings. The first-order valence-electron chi connectivity index (χ1n) is 2.28. The average molecular weight is 114 g/mol. The summed E-state index contributed by atoms with van der Waals surface area (Å²) >= 11 is 0. The van der Waals surface area contributed by atoms with Crippen LogP contribution in [0.4, 0.5) is 0 Å². The van der Waals surface area contributed by atoms with Crippen molar-refractivity contribution in [1.29, 1.82) is 0 Å². The molecule has 0 rings (SSSR count). The molecule has 0 aromatic rings. The molecular formula is C5H10OSi. The van der Waals surface area contributed by atoms with Gasteiger partial charge >= 0.3 is 0 Å². The highest BCUT2D eigenvalue weighted by Crippen LogP contribution is 1.97. The summed E-state index contributed by atoms with van der Waals surface area (Å²) in [4.78, 5) is 9.67. The molecule has 2 heteroatoms. The first-order chi connectivity index (χ1) is 3.06. The van der Waals surface area contributed by atoms with Crippen LogP contribution in [0.15, 0.2) is 5.70 Å². The smallest absolute Gasteiger partial charge is 0.115 e. The second-order valence-corrected chi connectivity index (χ2v) is 7.65. The molecule has 0 saturated carbocycles. The minimum absolute atomic E-state index is 1.21. The van der Waals surface area contributed by atoms with Gasteiger partial charge in [0.1, 0.15) is 5.94 Å². The normalized spacial score (nSPS) is 10.1. The van der Waals surface area contributed by atoms with Gasteiger partial charge in [0.05, 0.1) is 8.07 Å². The molecule has 0 saturated heterocycles. The summed E-state index contributed by atoms with van der Waals surface area (Å²) < 4.78 is 0. The van der Waals surface area contributed by atoms with Gasteiger partial charge in [-0.3, -0.25) is 0 Å². The van der Waals surface area contributed by atoms with Crippen molar-refractivity contribution in [3.05, 3.63) is 5.70 Å². The van der Waals surface area contributed by atoms with Crippen molar-refractivity contribution in [1.82, 2.24) is 0 Å². The molecule has 0 aromatic carbocycles. The molecule has 0 aliphatic heterocycles. The third-order valence-electron chi connectivity index (χ3n) is 0.492. The van der Waals surface area contributed by atoms with Crippen LogP contribution in [0.2, 0.25) is 19.6 Å². The predicted octanol–water partition coefficient (Wildman–Crippen LogP) is 1.25. The molecule has 0 aliphatic carbocycles. The number of rotatable bonds is 1. The van der Waals surface area contributed by atoms with E-state index in [2.05, 4.69) is 19.6 Å². The zero-order valence-electron chi connectivity index (χ0n) is 4.99. The van der Waals surface area contributed by atoms with E-state index in [9.17, 15) is 4.79 Å².